The Labute approximate surface area is 126 Å². The Balaban J connectivity index is 2.33. The fourth-order valence-electron chi connectivity index (χ4n) is 1.92. The molecule has 0 fully saturated rings. The van der Waals surface area contributed by atoms with Crippen LogP contribution in [0.5, 0.6) is 5.75 Å². The number of ether oxygens (including phenoxy) is 2. The van der Waals surface area contributed by atoms with Gasteiger partial charge in [-0.25, -0.2) is 0 Å². The largest absolute Gasteiger partial charge is 0.492 e. The monoisotopic (exact) mass is 287 g/mol. The van der Waals surface area contributed by atoms with Crippen molar-refractivity contribution >= 4 is 0 Å². The summed E-state index contributed by atoms with van der Waals surface area (Å²) in [5, 5.41) is 17.6. The summed E-state index contributed by atoms with van der Waals surface area (Å²) in [6, 6.07) is 11.5. The Bertz CT molecular complexity index is 491. The van der Waals surface area contributed by atoms with Crippen LogP contribution in [0.25, 0.3) is 0 Å². The quantitative estimate of drug-likeness (QED) is 0.617. The molecule has 0 bridgehead atoms. The Hall–Kier alpha value is -2.08. The van der Waals surface area contributed by atoms with Crippen LogP contribution in [0.3, 0.4) is 0 Å². The Morgan fingerprint density at radius 2 is 1.90 bits per heavy atom. The normalized spacial score (nSPS) is 10.1. The number of rotatable bonds is 10. The van der Waals surface area contributed by atoms with Crippen molar-refractivity contribution in [2.75, 3.05) is 40.0 Å². The molecular formula is C16H21N3O2. The molecule has 0 spiro atoms. The van der Waals surface area contributed by atoms with Gasteiger partial charge in [-0.15, -0.1) is 0 Å². The molecule has 1 aromatic carbocycles. The third-order valence-electron chi connectivity index (χ3n) is 3.04. The van der Waals surface area contributed by atoms with Gasteiger partial charge >= 0.3 is 0 Å². The smallest absolute Gasteiger partial charge is 0.137 e. The van der Waals surface area contributed by atoms with Crippen molar-refractivity contribution in [2.45, 2.75) is 12.8 Å². The lowest BCUT2D eigenvalue weighted by Gasteiger charge is -2.20. The van der Waals surface area contributed by atoms with E-state index >= 15 is 0 Å². The van der Waals surface area contributed by atoms with Gasteiger partial charge in [0.1, 0.15) is 11.8 Å². The fourth-order valence-corrected chi connectivity index (χ4v) is 1.92. The zero-order chi connectivity index (χ0) is 15.3. The molecule has 1 rings (SSSR count). The third kappa shape index (κ3) is 6.76. The van der Waals surface area contributed by atoms with Crippen molar-refractivity contribution in [2.24, 2.45) is 0 Å². The number of para-hydroxylation sites is 1. The molecular weight excluding hydrogens is 266 g/mol. The highest BCUT2D eigenvalue weighted by Gasteiger charge is 2.05. The number of hydrogen-bond acceptors (Lipinski definition) is 5. The lowest BCUT2D eigenvalue weighted by atomic mass is 10.2. The fraction of sp³-hybridized carbons (Fsp3) is 0.500. The average molecular weight is 287 g/mol. The van der Waals surface area contributed by atoms with Crippen molar-refractivity contribution in [3.8, 4) is 17.9 Å². The summed E-state index contributed by atoms with van der Waals surface area (Å²) in [4.78, 5) is 2.19. The molecule has 0 aromatic heterocycles. The summed E-state index contributed by atoms with van der Waals surface area (Å²) < 4.78 is 10.7. The molecule has 112 valence electrons. The van der Waals surface area contributed by atoms with Gasteiger partial charge in [-0.2, -0.15) is 10.5 Å². The Morgan fingerprint density at radius 1 is 1.10 bits per heavy atom. The van der Waals surface area contributed by atoms with E-state index in [0.29, 0.717) is 30.9 Å². The summed E-state index contributed by atoms with van der Waals surface area (Å²) in [6.45, 7) is 3.61. The van der Waals surface area contributed by atoms with Gasteiger partial charge < -0.3 is 9.47 Å². The number of nitrogens with zero attached hydrogens (tertiary/aromatic N) is 3. The van der Waals surface area contributed by atoms with Crippen LogP contribution in [-0.4, -0.2) is 44.9 Å². The van der Waals surface area contributed by atoms with E-state index in [4.69, 9.17) is 20.0 Å². The van der Waals surface area contributed by atoms with Crippen LogP contribution >= 0.6 is 0 Å². The van der Waals surface area contributed by atoms with Crippen molar-refractivity contribution < 1.29 is 9.47 Å². The van der Waals surface area contributed by atoms with Gasteiger partial charge in [0.25, 0.3) is 0 Å². The van der Waals surface area contributed by atoms with Gasteiger partial charge in [-0.1, -0.05) is 12.1 Å². The van der Waals surface area contributed by atoms with Crippen LogP contribution in [0.15, 0.2) is 24.3 Å². The first-order chi connectivity index (χ1) is 10.3. The number of benzene rings is 1. The maximum Gasteiger partial charge on any atom is 0.137 e. The molecule has 0 saturated carbocycles. The molecule has 0 radical (unpaired) electrons. The first-order valence-corrected chi connectivity index (χ1v) is 7.02. The van der Waals surface area contributed by atoms with E-state index in [1.807, 2.05) is 12.1 Å². The standard InChI is InChI=1S/C16H21N3O2/c1-20-13-11-19(9-4-8-17)10-5-12-21-16-7-3-2-6-15(16)14-18/h2-3,6-7H,4-5,9-13H2,1H3. The van der Waals surface area contributed by atoms with Gasteiger partial charge in [0.05, 0.1) is 24.8 Å². The predicted molar refractivity (Wildman–Crippen MR) is 79.8 cm³/mol. The number of nitriles is 2. The van der Waals surface area contributed by atoms with Crippen LogP contribution < -0.4 is 4.74 Å². The minimum Gasteiger partial charge on any atom is -0.492 e. The van der Waals surface area contributed by atoms with Gasteiger partial charge in [0.15, 0.2) is 0 Å². The minimum atomic E-state index is 0.516. The second-order valence-electron chi connectivity index (χ2n) is 4.55. The van der Waals surface area contributed by atoms with E-state index in [1.54, 1.807) is 19.2 Å². The third-order valence-corrected chi connectivity index (χ3v) is 3.04. The summed E-state index contributed by atoms with van der Waals surface area (Å²) in [7, 11) is 1.67. The summed E-state index contributed by atoms with van der Waals surface area (Å²) in [6.07, 6.45) is 1.36. The maximum atomic E-state index is 8.97. The average Bonchev–Trinajstić information content (AvgIpc) is 2.53. The van der Waals surface area contributed by atoms with Crippen molar-refractivity contribution in [3.05, 3.63) is 29.8 Å². The molecule has 0 saturated heterocycles. The van der Waals surface area contributed by atoms with Crippen molar-refractivity contribution in [3.63, 3.8) is 0 Å². The highest BCUT2D eigenvalue weighted by Crippen LogP contribution is 2.16. The minimum absolute atomic E-state index is 0.516. The van der Waals surface area contributed by atoms with Crippen LogP contribution in [0.2, 0.25) is 0 Å². The SMILES string of the molecule is COCCN(CCC#N)CCCOc1ccccc1C#N. The second kappa shape index (κ2) is 10.7. The van der Waals surface area contributed by atoms with Gasteiger partial charge in [0.2, 0.25) is 0 Å². The van der Waals surface area contributed by atoms with E-state index in [1.165, 1.54) is 0 Å². The number of methoxy groups -OCH3 is 1. The van der Waals surface area contributed by atoms with E-state index in [2.05, 4.69) is 17.0 Å². The summed E-state index contributed by atoms with van der Waals surface area (Å²) in [5.74, 6) is 0.625. The second-order valence-corrected chi connectivity index (χ2v) is 4.55. The van der Waals surface area contributed by atoms with Crippen LogP contribution in [-0.2, 0) is 4.74 Å². The first-order valence-electron chi connectivity index (χ1n) is 7.02. The lowest BCUT2D eigenvalue weighted by molar-refractivity contribution is 0.144. The molecule has 0 unspecified atom stereocenters. The molecule has 0 aliphatic rings. The summed E-state index contributed by atoms with van der Waals surface area (Å²) in [5.41, 5.74) is 0.554. The van der Waals surface area contributed by atoms with Crippen LogP contribution in [0.1, 0.15) is 18.4 Å². The highest BCUT2D eigenvalue weighted by atomic mass is 16.5. The molecule has 0 heterocycles. The Kier molecular flexibility index (Phi) is 8.63. The van der Waals surface area contributed by atoms with Gasteiger partial charge in [-0.3, -0.25) is 4.90 Å². The van der Waals surface area contributed by atoms with Gasteiger partial charge in [0, 0.05) is 33.2 Å². The summed E-state index contributed by atoms with van der Waals surface area (Å²) >= 11 is 0. The van der Waals surface area contributed by atoms with Crippen LogP contribution in [0.4, 0.5) is 0 Å². The zero-order valence-corrected chi connectivity index (χ0v) is 12.4. The topological polar surface area (TPSA) is 69.3 Å². The van der Waals surface area contributed by atoms with Crippen LogP contribution in [0, 0.1) is 22.7 Å². The molecule has 0 aliphatic heterocycles. The van der Waals surface area contributed by atoms with Crippen molar-refractivity contribution in [1.29, 1.82) is 10.5 Å². The molecule has 5 heteroatoms. The maximum absolute atomic E-state index is 8.97. The number of hydrogen-bond donors (Lipinski definition) is 0. The van der Waals surface area contributed by atoms with E-state index in [0.717, 1.165) is 26.1 Å². The molecule has 5 nitrogen and oxygen atoms in total. The first kappa shape index (κ1) is 17.0. The van der Waals surface area contributed by atoms with Crippen molar-refractivity contribution in [1.82, 2.24) is 4.90 Å². The predicted octanol–water partition coefficient (Wildman–Crippen LogP) is 2.19. The Morgan fingerprint density at radius 3 is 2.62 bits per heavy atom. The lowest BCUT2D eigenvalue weighted by Crippen LogP contribution is -2.30. The molecule has 1 aromatic rings. The molecule has 0 aliphatic carbocycles. The van der Waals surface area contributed by atoms with E-state index in [-0.39, 0.29) is 0 Å². The highest BCUT2D eigenvalue weighted by molar-refractivity contribution is 5.42. The zero-order valence-electron chi connectivity index (χ0n) is 12.4. The van der Waals surface area contributed by atoms with E-state index < -0.39 is 0 Å². The molecule has 21 heavy (non-hydrogen) atoms. The molecule has 0 atom stereocenters. The molecule has 0 amide bonds. The van der Waals surface area contributed by atoms with E-state index in [9.17, 15) is 0 Å². The van der Waals surface area contributed by atoms with Gasteiger partial charge in [-0.05, 0) is 18.6 Å². The molecule has 0 N–H and O–H groups in total.